The zero-order valence-electron chi connectivity index (χ0n) is 15.7. The third-order valence-electron chi connectivity index (χ3n) is 4.54. The minimum Gasteiger partial charge on any atom is -0.483 e. The van der Waals surface area contributed by atoms with Gasteiger partial charge in [-0.05, 0) is 31.4 Å². The quantitative estimate of drug-likeness (QED) is 0.688. The minimum absolute atomic E-state index is 0.101. The predicted octanol–water partition coefficient (Wildman–Crippen LogP) is 2.37. The highest BCUT2D eigenvalue weighted by atomic mass is 32.1. The fourth-order valence-corrected chi connectivity index (χ4v) is 3.99. The first-order valence-electron chi connectivity index (χ1n) is 9.06. The Hall–Kier alpha value is -2.87. The Morgan fingerprint density at radius 3 is 3.11 bits per heavy atom. The van der Waals surface area contributed by atoms with Crippen LogP contribution in [0.4, 0.5) is 0 Å². The first-order chi connectivity index (χ1) is 13.4. The van der Waals surface area contributed by atoms with Gasteiger partial charge in [0.2, 0.25) is 0 Å². The standard InChI is InChI=1S/C20H21N3O4S/c1-20(2)10-13-4-3-5-15(17(13)27-20)26-11-16(24)21-7-8-23-12-22-18-14(19(23)25)6-9-28-18/h3-6,9,12H,7-8,10-11H2,1-2H3,(H,21,24). The molecule has 3 aromatic rings. The van der Waals surface area contributed by atoms with Crippen LogP contribution < -0.4 is 20.3 Å². The summed E-state index contributed by atoms with van der Waals surface area (Å²) >= 11 is 1.43. The molecule has 0 spiro atoms. The Morgan fingerprint density at radius 2 is 2.25 bits per heavy atom. The van der Waals surface area contributed by atoms with Crippen molar-refractivity contribution < 1.29 is 14.3 Å². The van der Waals surface area contributed by atoms with Gasteiger partial charge in [-0.1, -0.05) is 12.1 Å². The summed E-state index contributed by atoms with van der Waals surface area (Å²) in [5.74, 6) is 1.02. The van der Waals surface area contributed by atoms with E-state index in [0.717, 1.165) is 16.8 Å². The van der Waals surface area contributed by atoms with E-state index < -0.39 is 0 Å². The number of rotatable bonds is 6. The normalized spacial score (nSPS) is 14.5. The Morgan fingerprint density at radius 1 is 1.39 bits per heavy atom. The number of fused-ring (bicyclic) bond motifs is 2. The maximum Gasteiger partial charge on any atom is 0.262 e. The molecule has 0 saturated heterocycles. The molecule has 3 heterocycles. The summed E-state index contributed by atoms with van der Waals surface area (Å²) in [6, 6.07) is 7.47. The molecule has 1 amide bonds. The van der Waals surface area contributed by atoms with Gasteiger partial charge in [-0.3, -0.25) is 14.2 Å². The van der Waals surface area contributed by atoms with Crippen LogP contribution in [0.1, 0.15) is 19.4 Å². The minimum atomic E-state index is -0.269. The smallest absolute Gasteiger partial charge is 0.262 e. The molecule has 1 N–H and O–H groups in total. The van der Waals surface area contributed by atoms with Crippen molar-refractivity contribution in [3.05, 3.63) is 51.9 Å². The lowest BCUT2D eigenvalue weighted by molar-refractivity contribution is -0.123. The lowest BCUT2D eigenvalue weighted by atomic mass is 10.0. The van der Waals surface area contributed by atoms with Crippen LogP contribution in [0.2, 0.25) is 0 Å². The van der Waals surface area contributed by atoms with Gasteiger partial charge in [-0.15, -0.1) is 11.3 Å². The Bertz CT molecular complexity index is 1090. The summed E-state index contributed by atoms with van der Waals surface area (Å²) in [7, 11) is 0. The number of amides is 1. The van der Waals surface area contributed by atoms with E-state index in [2.05, 4.69) is 10.3 Å². The van der Waals surface area contributed by atoms with E-state index in [0.29, 0.717) is 30.0 Å². The number of hydrogen-bond donors (Lipinski definition) is 1. The highest BCUT2D eigenvalue weighted by Crippen LogP contribution is 2.41. The molecule has 7 nitrogen and oxygen atoms in total. The summed E-state index contributed by atoms with van der Waals surface area (Å²) in [5, 5.41) is 5.21. The van der Waals surface area contributed by atoms with Gasteiger partial charge in [0.1, 0.15) is 10.4 Å². The molecule has 1 aromatic carbocycles. The molecule has 2 aromatic heterocycles. The van der Waals surface area contributed by atoms with Gasteiger partial charge in [0.05, 0.1) is 11.7 Å². The summed E-state index contributed by atoms with van der Waals surface area (Å²) in [6.45, 7) is 4.59. The van der Waals surface area contributed by atoms with Gasteiger partial charge in [-0.2, -0.15) is 0 Å². The average molecular weight is 399 g/mol. The summed E-state index contributed by atoms with van der Waals surface area (Å²) in [4.78, 5) is 29.4. The molecule has 28 heavy (non-hydrogen) atoms. The first-order valence-corrected chi connectivity index (χ1v) is 9.94. The number of nitrogens with zero attached hydrogens (tertiary/aromatic N) is 2. The van der Waals surface area contributed by atoms with Crippen molar-refractivity contribution in [2.45, 2.75) is 32.4 Å². The molecule has 1 aliphatic rings. The number of para-hydroxylation sites is 1. The van der Waals surface area contributed by atoms with Crippen molar-refractivity contribution >= 4 is 27.5 Å². The zero-order chi connectivity index (χ0) is 19.7. The lowest BCUT2D eigenvalue weighted by Crippen LogP contribution is -2.33. The van der Waals surface area contributed by atoms with Crippen LogP contribution in [0.5, 0.6) is 11.5 Å². The second-order valence-electron chi connectivity index (χ2n) is 7.30. The maximum absolute atomic E-state index is 12.3. The number of carbonyl (C=O) groups is 1. The number of hydrogen-bond acceptors (Lipinski definition) is 6. The van der Waals surface area contributed by atoms with Gasteiger partial charge in [0.25, 0.3) is 11.5 Å². The maximum atomic E-state index is 12.3. The van der Waals surface area contributed by atoms with E-state index in [-0.39, 0.29) is 23.7 Å². The number of aromatic nitrogens is 2. The topological polar surface area (TPSA) is 82.5 Å². The Kier molecular flexibility index (Phi) is 4.80. The average Bonchev–Trinajstić information content (AvgIpc) is 3.25. The Labute approximate surface area is 165 Å². The van der Waals surface area contributed by atoms with Crippen LogP contribution in [0, 0.1) is 0 Å². The van der Waals surface area contributed by atoms with Crippen LogP contribution in [-0.4, -0.2) is 34.2 Å². The molecule has 8 heteroatoms. The van der Waals surface area contributed by atoms with E-state index in [4.69, 9.17) is 9.47 Å². The largest absolute Gasteiger partial charge is 0.483 e. The van der Waals surface area contributed by atoms with Crippen molar-refractivity contribution in [3.8, 4) is 11.5 Å². The molecule has 1 aliphatic heterocycles. The zero-order valence-corrected chi connectivity index (χ0v) is 16.5. The number of benzene rings is 1. The molecule has 0 atom stereocenters. The highest BCUT2D eigenvalue weighted by molar-refractivity contribution is 7.16. The fourth-order valence-electron chi connectivity index (χ4n) is 3.26. The fraction of sp³-hybridized carbons (Fsp3) is 0.350. The molecule has 0 unspecified atom stereocenters. The number of ether oxygens (including phenoxy) is 2. The van der Waals surface area contributed by atoms with Gasteiger partial charge in [0.15, 0.2) is 18.1 Å². The van der Waals surface area contributed by atoms with E-state index in [9.17, 15) is 9.59 Å². The van der Waals surface area contributed by atoms with Crippen molar-refractivity contribution in [3.63, 3.8) is 0 Å². The summed E-state index contributed by atoms with van der Waals surface area (Å²) < 4.78 is 13.1. The van der Waals surface area contributed by atoms with Crippen molar-refractivity contribution in [2.75, 3.05) is 13.2 Å². The van der Waals surface area contributed by atoms with E-state index in [1.165, 1.54) is 22.2 Å². The third kappa shape index (κ3) is 3.73. The van der Waals surface area contributed by atoms with Crippen LogP contribution in [-0.2, 0) is 17.8 Å². The SMILES string of the molecule is CC1(C)Cc2cccc(OCC(=O)NCCn3cnc4sccc4c3=O)c2O1. The molecule has 0 radical (unpaired) electrons. The van der Waals surface area contributed by atoms with Gasteiger partial charge >= 0.3 is 0 Å². The van der Waals surface area contributed by atoms with Gasteiger partial charge in [0, 0.05) is 25.1 Å². The molecular formula is C20H21N3O4S. The molecule has 0 saturated carbocycles. The van der Waals surface area contributed by atoms with Crippen LogP contribution in [0.25, 0.3) is 10.2 Å². The molecule has 0 aliphatic carbocycles. The Balaban J connectivity index is 1.31. The van der Waals surface area contributed by atoms with Gasteiger partial charge in [-0.25, -0.2) is 4.98 Å². The lowest BCUT2D eigenvalue weighted by Gasteiger charge is -2.18. The van der Waals surface area contributed by atoms with Crippen LogP contribution in [0.15, 0.2) is 40.8 Å². The predicted molar refractivity (Wildman–Crippen MR) is 107 cm³/mol. The van der Waals surface area contributed by atoms with Crippen molar-refractivity contribution in [2.24, 2.45) is 0 Å². The summed E-state index contributed by atoms with van der Waals surface area (Å²) in [6.07, 6.45) is 2.32. The van der Waals surface area contributed by atoms with Crippen molar-refractivity contribution in [1.29, 1.82) is 0 Å². The number of carbonyl (C=O) groups excluding carboxylic acids is 1. The molecule has 4 rings (SSSR count). The van der Waals surface area contributed by atoms with E-state index in [1.807, 2.05) is 31.4 Å². The van der Waals surface area contributed by atoms with Gasteiger partial charge < -0.3 is 14.8 Å². The molecule has 0 bridgehead atoms. The first kappa shape index (κ1) is 18.5. The van der Waals surface area contributed by atoms with E-state index in [1.54, 1.807) is 12.1 Å². The third-order valence-corrected chi connectivity index (χ3v) is 5.36. The second kappa shape index (κ2) is 7.27. The molecule has 146 valence electrons. The van der Waals surface area contributed by atoms with E-state index >= 15 is 0 Å². The summed E-state index contributed by atoms with van der Waals surface area (Å²) in [5.41, 5.74) is 0.713. The van der Waals surface area contributed by atoms with Crippen LogP contribution in [0.3, 0.4) is 0 Å². The second-order valence-corrected chi connectivity index (χ2v) is 8.20. The molecular weight excluding hydrogens is 378 g/mol. The monoisotopic (exact) mass is 399 g/mol. The van der Waals surface area contributed by atoms with Crippen LogP contribution >= 0.6 is 11.3 Å². The highest BCUT2D eigenvalue weighted by Gasteiger charge is 2.32. The van der Waals surface area contributed by atoms with Crippen molar-refractivity contribution in [1.82, 2.24) is 14.9 Å². The number of nitrogens with one attached hydrogen (secondary N) is 1. The molecule has 0 fully saturated rings. The number of thiophene rings is 1.